The van der Waals surface area contributed by atoms with E-state index in [2.05, 4.69) is 15.6 Å². The summed E-state index contributed by atoms with van der Waals surface area (Å²) < 4.78 is 4.84. The molecule has 1 aromatic heterocycles. The lowest BCUT2D eigenvalue weighted by atomic mass is 10.2. The Morgan fingerprint density at radius 2 is 2.36 bits per heavy atom. The summed E-state index contributed by atoms with van der Waals surface area (Å²) in [4.78, 5) is 11.3. The highest BCUT2D eigenvalue weighted by Gasteiger charge is 2.22. The first-order valence-corrected chi connectivity index (χ1v) is 3.94. The predicted octanol–water partition coefficient (Wildman–Crippen LogP) is -3.40. The highest BCUT2D eigenvalue weighted by molar-refractivity contribution is 5.94. The fourth-order valence-electron chi connectivity index (χ4n) is 1.04. The number of anilines is 1. The van der Waals surface area contributed by atoms with Crippen LogP contribution in [0.2, 0.25) is 0 Å². The van der Waals surface area contributed by atoms with E-state index in [9.17, 15) is 4.79 Å². The maximum absolute atomic E-state index is 11.3. The minimum Gasteiger partial charge on any atom is -1.00 e. The molecule has 1 aromatic rings. The summed E-state index contributed by atoms with van der Waals surface area (Å²) in [5, 5.41) is 5.46. The van der Waals surface area contributed by atoms with Gasteiger partial charge < -0.3 is 17.1 Å². The molecular weight excluding hydrogens is 208 g/mol. The minimum absolute atomic E-state index is 0. The number of carbonyl (C=O) groups excluding carboxylic acids is 1. The second-order valence-electron chi connectivity index (χ2n) is 2.49. The number of rotatable bonds is 3. The van der Waals surface area contributed by atoms with Crippen LogP contribution in [0.15, 0.2) is 0 Å². The number of aromatic nitrogens is 2. The van der Waals surface area contributed by atoms with Gasteiger partial charge in [-0.1, -0.05) is 0 Å². The highest BCUT2D eigenvalue weighted by Crippen LogP contribution is 2.12. The van der Waals surface area contributed by atoms with Gasteiger partial charge in [-0.05, 0) is 13.8 Å². The van der Waals surface area contributed by atoms with Crippen molar-refractivity contribution in [3.05, 3.63) is 11.3 Å². The van der Waals surface area contributed by atoms with Crippen molar-refractivity contribution in [3.63, 3.8) is 0 Å². The van der Waals surface area contributed by atoms with Gasteiger partial charge in [0.15, 0.2) is 5.56 Å². The molecule has 0 saturated carbocycles. The molecule has 6 nitrogen and oxygen atoms in total. The van der Waals surface area contributed by atoms with E-state index >= 15 is 0 Å². The van der Waals surface area contributed by atoms with E-state index in [0.717, 1.165) is 0 Å². The first-order chi connectivity index (χ1) is 6.20. The number of aryl methyl sites for hydroxylation is 1. The number of nitrogens with two attached hydrogens (primary N) is 1. The van der Waals surface area contributed by atoms with Crippen molar-refractivity contribution in [1.82, 2.24) is 5.10 Å². The number of halogens is 1. The van der Waals surface area contributed by atoms with Crippen molar-refractivity contribution in [2.45, 2.75) is 13.8 Å². The van der Waals surface area contributed by atoms with Crippen molar-refractivity contribution < 1.29 is 27.0 Å². The normalized spacial score (nSPS) is 9.07. The third-order valence-electron chi connectivity index (χ3n) is 1.62. The number of ether oxygens (including phenoxy) is 1. The molecule has 0 atom stereocenters. The van der Waals surface area contributed by atoms with E-state index in [4.69, 9.17) is 10.6 Å². The molecule has 0 aliphatic heterocycles. The average Bonchev–Trinajstić information content (AvgIpc) is 2.47. The van der Waals surface area contributed by atoms with Gasteiger partial charge in [0.1, 0.15) is 0 Å². The second kappa shape index (κ2) is 5.46. The Hall–Kier alpha value is -1.27. The van der Waals surface area contributed by atoms with Crippen LogP contribution in [0.4, 0.5) is 5.82 Å². The molecule has 0 unspecified atom stereocenters. The number of nitrogens with one attached hydrogen (secondary N) is 3. The predicted molar refractivity (Wildman–Crippen MR) is 45.9 cm³/mol. The zero-order valence-electron chi connectivity index (χ0n) is 7.98. The molecule has 0 spiro atoms. The van der Waals surface area contributed by atoms with Gasteiger partial charge in [-0.3, -0.25) is 0 Å². The molecule has 1 rings (SSSR count). The summed E-state index contributed by atoms with van der Waals surface area (Å²) in [6.45, 7) is 3.84. The third kappa shape index (κ3) is 2.36. The van der Waals surface area contributed by atoms with Gasteiger partial charge >= 0.3 is 11.8 Å². The quantitative estimate of drug-likeness (QED) is 0.281. The molecule has 0 aromatic carbocycles. The second-order valence-corrected chi connectivity index (χ2v) is 2.49. The van der Waals surface area contributed by atoms with Crippen LogP contribution in [0.1, 0.15) is 23.0 Å². The number of hydrazine groups is 1. The van der Waals surface area contributed by atoms with Gasteiger partial charge in [0.05, 0.1) is 12.3 Å². The number of hydrogen-bond donors (Lipinski definition) is 3. The Kier molecular flexibility index (Phi) is 4.96. The standard InChI is InChI=1S/C7H12N4O2.ClH/c1-3-13-7(12)5-4(2)10-11-6(5)9-8;/h3,8H2,1-2H3,(H2,9,10,11);1H. The van der Waals surface area contributed by atoms with Crippen LogP contribution in [0.25, 0.3) is 0 Å². The van der Waals surface area contributed by atoms with Gasteiger partial charge in [-0.25, -0.2) is 9.89 Å². The van der Waals surface area contributed by atoms with E-state index in [0.29, 0.717) is 23.7 Å². The number of esters is 1. The molecule has 80 valence electrons. The Morgan fingerprint density at radius 1 is 1.71 bits per heavy atom. The Labute approximate surface area is 87.6 Å². The average molecular weight is 221 g/mol. The molecule has 0 bridgehead atoms. The fraction of sp³-hybridized carbons (Fsp3) is 0.429. The summed E-state index contributed by atoms with van der Waals surface area (Å²) >= 11 is 0. The molecule has 14 heavy (non-hydrogen) atoms. The molecular formula is C7H13ClN4O2. The summed E-state index contributed by atoms with van der Waals surface area (Å²) in [5.74, 6) is 5.22. The Morgan fingerprint density at radius 3 is 2.86 bits per heavy atom. The summed E-state index contributed by atoms with van der Waals surface area (Å²) in [7, 11) is 0. The maximum atomic E-state index is 11.3. The number of aromatic amines is 2. The van der Waals surface area contributed by atoms with Crippen LogP contribution in [-0.4, -0.2) is 17.7 Å². The molecule has 0 amide bonds. The minimum atomic E-state index is -0.398. The van der Waals surface area contributed by atoms with Gasteiger partial charge in [0.25, 0.3) is 0 Å². The van der Waals surface area contributed by atoms with Crippen molar-refractivity contribution in [3.8, 4) is 0 Å². The van der Waals surface area contributed by atoms with Gasteiger partial charge in [0, 0.05) is 0 Å². The van der Waals surface area contributed by atoms with Crippen LogP contribution < -0.4 is 28.8 Å². The molecule has 1 heterocycles. The molecule has 0 saturated heterocycles. The lowest BCUT2D eigenvalue weighted by Crippen LogP contribution is -3.00. The first kappa shape index (κ1) is 12.7. The van der Waals surface area contributed by atoms with Crippen molar-refractivity contribution in [1.29, 1.82) is 0 Å². The molecule has 0 aliphatic carbocycles. The Balaban J connectivity index is 0.00000169. The van der Waals surface area contributed by atoms with E-state index in [1.54, 1.807) is 13.8 Å². The highest BCUT2D eigenvalue weighted by atomic mass is 35.5. The van der Waals surface area contributed by atoms with Crippen LogP contribution in [0.5, 0.6) is 0 Å². The summed E-state index contributed by atoms with van der Waals surface area (Å²) in [6.07, 6.45) is 0. The van der Waals surface area contributed by atoms with Crippen molar-refractivity contribution >= 4 is 11.8 Å². The zero-order valence-corrected chi connectivity index (χ0v) is 8.73. The van der Waals surface area contributed by atoms with Crippen LogP contribution in [0.3, 0.4) is 0 Å². The van der Waals surface area contributed by atoms with E-state index in [-0.39, 0.29) is 12.4 Å². The monoisotopic (exact) mass is 220 g/mol. The summed E-state index contributed by atoms with van der Waals surface area (Å²) in [6, 6.07) is 0. The SMILES string of the molecule is CCOC(=O)c1c(C)[nH][nH+]c1NN.[Cl-]. The fourth-order valence-corrected chi connectivity index (χ4v) is 1.04. The zero-order chi connectivity index (χ0) is 9.84. The number of hydrogen-bond acceptors (Lipinski definition) is 4. The third-order valence-corrected chi connectivity index (χ3v) is 1.62. The number of carbonyl (C=O) groups is 1. The number of H-pyrrole nitrogens is 2. The smallest absolute Gasteiger partial charge is 0.348 e. The van der Waals surface area contributed by atoms with Gasteiger partial charge in [-0.2, -0.15) is 16.4 Å². The molecule has 0 radical (unpaired) electrons. The maximum Gasteiger partial charge on any atom is 0.348 e. The van der Waals surface area contributed by atoms with Crippen molar-refractivity contribution in [2.75, 3.05) is 12.0 Å². The lowest BCUT2D eigenvalue weighted by Gasteiger charge is -1.98. The van der Waals surface area contributed by atoms with E-state index < -0.39 is 5.97 Å². The topological polar surface area (TPSA) is 94.3 Å². The summed E-state index contributed by atoms with van der Waals surface area (Å²) in [5.41, 5.74) is 3.46. The Bertz CT molecular complexity index is 313. The molecule has 7 heteroatoms. The van der Waals surface area contributed by atoms with Gasteiger partial charge in [-0.15, -0.1) is 0 Å². The van der Waals surface area contributed by atoms with Crippen LogP contribution in [0, 0.1) is 6.92 Å². The van der Waals surface area contributed by atoms with Crippen molar-refractivity contribution in [2.24, 2.45) is 5.84 Å². The first-order valence-electron chi connectivity index (χ1n) is 3.94. The largest absolute Gasteiger partial charge is 1.00 e. The van der Waals surface area contributed by atoms with Gasteiger partial charge in [0.2, 0.25) is 0 Å². The number of nitrogen functional groups attached to an aromatic ring is 1. The molecule has 0 aliphatic rings. The van der Waals surface area contributed by atoms with E-state index in [1.165, 1.54) is 0 Å². The van der Waals surface area contributed by atoms with Crippen LogP contribution in [-0.2, 0) is 4.74 Å². The molecule has 5 N–H and O–H groups in total. The lowest BCUT2D eigenvalue weighted by molar-refractivity contribution is -0.434. The van der Waals surface area contributed by atoms with E-state index in [1.807, 2.05) is 0 Å². The van der Waals surface area contributed by atoms with Crippen LogP contribution >= 0.6 is 0 Å². The molecule has 0 fully saturated rings.